The molecule has 0 amide bonds. The topological polar surface area (TPSA) is 55.5 Å². The average Bonchev–Trinajstić information content (AvgIpc) is 3.54. The van der Waals surface area contributed by atoms with E-state index >= 15 is 0 Å². The van der Waals surface area contributed by atoms with Crippen LogP contribution in [0.4, 0.5) is 5.69 Å². The molecule has 1 aliphatic rings. The maximum atomic E-state index is 5.86. The Morgan fingerprint density at radius 1 is 1.09 bits per heavy atom. The zero-order valence-electron chi connectivity index (χ0n) is 18.9. The maximum absolute atomic E-state index is 5.86. The monoisotopic (exact) mass is 458 g/mol. The number of benzene rings is 1. The smallest absolute Gasteiger partial charge is 0.174 e. The van der Waals surface area contributed by atoms with Crippen molar-refractivity contribution in [3.63, 3.8) is 0 Å². The number of nitrogens with one attached hydrogen (secondary N) is 1. The number of nitrogens with zero attached hydrogens (tertiary/aromatic N) is 3. The Morgan fingerprint density at radius 3 is 2.70 bits per heavy atom. The molecule has 2 atom stereocenters. The lowest BCUT2D eigenvalue weighted by atomic mass is 9.96. The number of aromatic nitrogens is 2. The van der Waals surface area contributed by atoms with Gasteiger partial charge in [0.2, 0.25) is 0 Å². The van der Waals surface area contributed by atoms with Crippen molar-refractivity contribution in [2.45, 2.75) is 32.5 Å². The Bertz CT molecular complexity index is 1270. The quantitative estimate of drug-likeness (QED) is 0.394. The van der Waals surface area contributed by atoms with E-state index in [9.17, 15) is 0 Å². The van der Waals surface area contributed by atoms with E-state index in [1.54, 1.807) is 13.4 Å². The van der Waals surface area contributed by atoms with Crippen molar-refractivity contribution < 1.29 is 9.15 Å². The number of ether oxygens (including phenoxy) is 1. The van der Waals surface area contributed by atoms with Gasteiger partial charge in [-0.15, -0.1) is 0 Å². The number of pyridine rings is 1. The van der Waals surface area contributed by atoms with Gasteiger partial charge in [0, 0.05) is 29.3 Å². The molecular formula is C26H26N4O2S. The molecule has 6 nitrogen and oxygen atoms in total. The van der Waals surface area contributed by atoms with Crippen LogP contribution < -0.4 is 15.0 Å². The summed E-state index contributed by atoms with van der Waals surface area (Å²) in [6.07, 6.45) is 3.54. The lowest BCUT2D eigenvalue weighted by molar-refractivity contribution is 0.415. The number of furan rings is 1. The minimum absolute atomic E-state index is 0.0731. The third-order valence-corrected chi connectivity index (χ3v) is 6.57. The fourth-order valence-electron chi connectivity index (χ4n) is 4.64. The van der Waals surface area contributed by atoms with Crippen LogP contribution >= 0.6 is 12.2 Å². The van der Waals surface area contributed by atoms with Gasteiger partial charge in [0.1, 0.15) is 11.5 Å². The summed E-state index contributed by atoms with van der Waals surface area (Å²) in [6, 6.07) is 20.0. The molecule has 0 spiro atoms. The molecule has 1 saturated heterocycles. The Labute approximate surface area is 198 Å². The molecule has 168 valence electrons. The minimum atomic E-state index is -0.0949. The second kappa shape index (κ2) is 8.75. The second-order valence-corrected chi connectivity index (χ2v) is 8.58. The highest BCUT2D eigenvalue weighted by Gasteiger charge is 2.42. The number of anilines is 1. The van der Waals surface area contributed by atoms with Crippen LogP contribution in [0.3, 0.4) is 0 Å². The van der Waals surface area contributed by atoms with Gasteiger partial charge in [-0.2, -0.15) is 0 Å². The number of thiocarbonyl (C=S) groups is 1. The van der Waals surface area contributed by atoms with E-state index in [2.05, 4.69) is 45.7 Å². The highest BCUT2D eigenvalue weighted by atomic mass is 32.1. The van der Waals surface area contributed by atoms with Crippen molar-refractivity contribution in [1.82, 2.24) is 14.9 Å². The molecule has 7 heteroatoms. The third-order valence-electron chi connectivity index (χ3n) is 6.26. The second-order valence-electron chi connectivity index (χ2n) is 8.19. The summed E-state index contributed by atoms with van der Waals surface area (Å²) in [5, 5.41) is 4.20. The molecule has 1 fully saturated rings. The van der Waals surface area contributed by atoms with E-state index in [0.717, 1.165) is 22.9 Å². The number of methoxy groups -OCH3 is 1. The van der Waals surface area contributed by atoms with Gasteiger partial charge in [0.15, 0.2) is 5.11 Å². The van der Waals surface area contributed by atoms with Crippen molar-refractivity contribution in [2.24, 2.45) is 0 Å². The number of hydrogen-bond acceptors (Lipinski definition) is 4. The van der Waals surface area contributed by atoms with E-state index in [-0.39, 0.29) is 12.1 Å². The van der Waals surface area contributed by atoms with E-state index < -0.39 is 0 Å². The number of hydrogen-bond donors (Lipinski definition) is 1. The van der Waals surface area contributed by atoms with Gasteiger partial charge in [-0.05, 0) is 74.1 Å². The summed E-state index contributed by atoms with van der Waals surface area (Å²) in [5.41, 5.74) is 5.47. The molecule has 33 heavy (non-hydrogen) atoms. The first-order chi connectivity index (χ1) is 16.1. The highest BCUT2D eigenvalue weighted by molar-refractivity contribution is 7.80. The molecule has 4 heterocycles. The van der Waals surface area contributed by atoms with Gasteiger partial charge >= 0.3 is 0 Å². The molecule has 0 bridgehead atoms. The summed E-state index contributed by atoms with van der Waals surface area (Å²) < 4.78 is 13.4. The maximum Gasteiger partial charge on any atom is 0.174 e. The predicted molar refractivity (Wildman–Crippen MR) is 133 cm³/mol. The Hall–Kier alpha value is -3.58. The largest absolute Gasteiger partial charge is 0.497 e. The first-order valence-corrected chi connectivity index (χ1v) is 11.3. The SMILES string of the molecule is COc1cccc(N2C(=S)N[C@@H](c3ccccn3)[C@H]2c2cc(C)n(Cc3ccco3)c2C)c1. The minimum Gasteiger partial charge on any atom is -0.497 e. The predicted octanol–water partition coefficient (Wildman–Crippen LogP) is 5.33. The van der Waals surface area contributed by atoms with Gasteiger partial charge in [0.05, 0.1) is 37.7 Å². The molecule has 0 aliphatic carbocycles. The number of rotatable bonds is 6. The number of aryl methyl sites for hydroxylation is 1. The Kier molecular flexibility index (Phi) is 5.64. The average molecular weight is 459 g/mol. The zero-order valence-corrected chi connectivity index (χ0v) is 19.7. The first kappa shape index (κ1) is 21.3. The van der Waals surface area contributed by atoms with Crippen LogP contribution in [0.2, 0.25) is 0 Å². The van der Waals surface area contributed by atoms with Crippen LogP contribution in [0.5, 0.6) is 5.75 Å². The molecule has 0 radical (unpaired) electrons. The lowest BCUT2D eigenvalue weighted by Crippen LogP contribution is -2.29. The van der Waals surface area contributed by atoms with Gasteiger partial charge in [-0.1, -0.05) is 12.1 Å². The molecule has 4 aromatic rings. The third kappa shape index (κ3) is 3.89. The van der Waals surface area contributed by atoms with Crippen LogP contribution in [0.25, 0.3) is 0 Å². The molecule has 0 unspecified atom stereocenters. The van der Waals surface area contributed by atoms with Crippen LogP contribution in [0.15, 0.2) is 77.5 Å². The van der Waals surface area contributed by atoms with Gasteiger partial charge in [-0.3, -0.25) is 4.98 Å². The van der Waals surface area contributed by atoms with E-state index in [1.807, 2.05) is 54.7 Å². The van der Waals surface area contributed by atoms with Crippen molar-refractivity contribution in [3.8, 4) is 5.75 Å². The van der Waals surface area contributed by atoms with Crippen molar-refractivity contribution in [3.05, 3.63) is 102 Å². The Morgan fingerprint density at radius 2 is 1.97 bits per heavy atom. The normalized spacial score (nSPS) is 17.9. The van der Waals surface area contributed by atoms with Crippen molar-refractivity contribution >= 4 is 23.0 Å². The van der Waals surface area contributed by atoms with Crippen LogP contribution in [-0.4, -0.2) is 21.8 Å². The van der Waals surface area contributed by atoms with Gasteiger partial charge in [0.25, 0.3) is 0 Å². The highest BCUT2D eigenvalue weighted by Crippen LogP contribution is 2.43. The molecule has 1 aliphatic heterocycles. The summed E-state index contributed by atoms with van der Waals surface area (Å²) in [6.45, 7) is 4.97. The summed E-state index contributed by atoms with van der Waals surface area (Å²) in [5.74, 6) is 1.72. The van der Waals surface area contributed by atoms with Crippen molar-refractivity contribution in [1.29, 1.82) is 0 Å². The zero-order chi connectivity index (χ0) is 22.9. The fraction of sp³-hybridized carbons (Fsp3) is 0.231. The first-order valence-electron chi connectivity index (χ1n) is 10.9. The fourth-order valence-corrected chi connectivity index (χ4v) is 4.98. The van der Waals surface area contributed by atoms with Crippen LogP contribution in [0, 0.1) is 13.8 Å². The molecule has 5 rings (SSSR count). The van der Waals surface area contributed by atoms with Crippen molar-refractivity contribution in [2.75, 3.05) is 12.0 Å². The van der Waals surface area contributed by atoms with Gasteiger partial charge < -0.3 is 23.9 Å². The molecular weight excluding hydrogens is 432 g/mol. The van der Waals surface area contributed by atoms with E-state index in [4.69, 9.17) is 21.4 Å². The van der Waals surface area contributed by atoms with Crippen LogP contribution in [0.1, 0.15) is 40.5 Å². The summed E-state index contributed by atoms with van der Waals surface area (Å²) in [4.78, 5) is 6.83. The van der Waals surface area contributed by atoms with E-state index in [1.165, 1.54) is 17.0 Å². The lowest BCUT2D eigenvalue weighted by Gasteiger charge is -2.28. The Balaban J connectivity index is 1.63. The standard InChI is InChI=1S/C26H26N4O2S/c1-17-14-22(18(2)29(17)16-21-10-7-13-32-21)25-24(23-11-4-5-12-27-23)28-26(33)30(25)19-8-6-9-20(15-19)31-3/h4-15,24-25H,16H2,1-3H3,(H,28,33)/t24-,25+/m0/s1. The molecule has 1 N–H and O–H groups in total. The van der Waals surface area contributed by atoms with Crippen LogP contribution in [-0.2, 0) is 6.54 Å². The summed E-state index contributed by atoms with van der Waals surface area (Å²) >= 11 is 5.86. The molecule has 1 aromatic carbocycles. The van der Waals surface area contributed by atoms with E-state index in [0.29, 0.717) is 11.7 Å². The molecule has 3 aromatic heterocycles. The van der Waals surface area contributed by atoms with Gasteiger partial charge in [-0.25, -0.2) is 0 Å². The molecule has 0 saturated carbocycles. The summed E-state index contributed by atoms with van der Waals surface area (Å²) in [7, 11) is 1.68.